The van der Waals surface area contributed by atoms with Crippen LogP contribution >= 0.6 is 12.2 Å². The molecule has 0 saturated heterocycles. The Kier molecular flexibility index (Phi) is 3.57. The fourth-order valence-electron chi connectivity index (χ4n) is 2.42. The van der Waals surface area contributed by atoms with Gasteiger partial charge in [0.15, 0.2) is 0 Å². The van der Waals surface area contributed by atoms with E-state index in [0.717, 1.165) is 0 Å². The van der Waals surface area contributed by atoms with Crippen LogP contribution in [-0.2, 0) is 6.18 Å². The predicted octanol–water partition coefficient (Wildman–Crippen LogP) is 5.09. The van der Waals surface area contributed by atoms with E-state index < -0.39 is 12.0 Å². The molecule has 1 aliphatic carbocycles. The Balaban J connectivity index is 1.96. The topological polar surface area (TPSA) is 28.7 Å². The number of nitrogens with one attached hydrogen (secondary N) is 1. The van der Waals surface area contributed by atoms with Gasteiger partial charge in [-0.2, -0.15) is 13.2 Å². The zero-order valence-electron chi connectivity index (χ0n) is 11.1. The Bertz CT molecular complexity index is 700. The Hall–Kier alpha value is -1.69. The maximum absolute atomic E-state index is 12.7. The smallest absolute Gasteiger partial charge is 0.336 e. The molecule has 2 aromatic rings. The van der Waals surface area contributed by atoms with Crippen molar-refractivity contribution in [2.75, 3.05) is 0 Å². The minimum Gasteiger partial charge on any atom is -0.336 e. The summed E-state index contributed by atoms with van der Waals surface area (Å²) in [5, 5.41) is 0. The van der Waals surface area contributed by atoms with Crippen molar-refractivity contribution in [2.24, 2.45) is 0 Å². The first-order chi connectivity index (χ1) is 9.93. The molecule has 1 aliphatic rings. The lowest BCUT2D eigenvalue weighted by Crippen LogP contribution is -2.11. The Morgan fingerprint density at radius 3 is 2.33 bits per heavy atom. The molecule has 3 rings (SSSR count). The molecule has 0 amide bonds. The first-order valence-corrected chi connectivity index (χ1v) is 7.13. The fourth-order valence-corrected chi connectivity index (χ4v) is 2.63. The lowest BCUT2D eigenvalue weighted by molar-refractivity contribution is -0.144. The van der Waals surface area contributed by atoms with Crippen LogP contribution in [0.25, 0.3) is 11.3 Å². The summed E-state index contributed by atoms with van der Waals surface area (Å²) in [4.78, 5) is 5.65. The van der Waals surface area contributed by atoms with Gasteiger partial charge in [-0.15, -0.1) is 0 Å². The highest BCUT2D eigenvalue weighted by Gasteiger charge is 2.34. The van der Waals surface area contributed by atoms with Crippen LogP contribution in [0.2, 0.25) is 0 Å². The van der Waals surface area contributed by atoms with Crippen LogP contribution in [-0.4, -0.2) is 9.97 Å². The molecule has 2 nitrogen and oxygen atoms in total. The second kappa shape index (κ2) is 5.26. The van der Waals surface area contributed by atoms with Crippen molar-refractivity contribution in [3.8, 4) is 11.3 Å². The van der Waals surface area contributed by atoms with Gasteiger partial charge in [0.25, 0.3) is 0 Å². The molecule has 0 aliphatic heterocycles. The van der Waals surface area contributed by atoms with Crippen molar-refractivity contribution in [1.82, 2.24) is 9.97 Å². The molecule has 1 N–H and O–H groups in total. The zero-order valence-corrected chi connectivity index (χ0v) is 11.9. The number of H-pyrrole nitrogens is 1. The first kappa shape index (κ1) is 14.3. The monoisotopic (exact) mass is 310 g/mol. The van der Waals surface area contributed by atoms with Crippen molar-refractivity contribution < 1.29 is 13.2 Å². The minimum absolute atomic E-state index is 0.0702. The van der Waals surface area contributed by atoms with Crippen LogP contribution in [0.4, 0.5) is 13.2 Å². The summed E-state index contributed by atoms with van der Waals surface area (Å²) in [6, 6.07) is 9.05. The number of alkyl halides is 3. The molecule has 0 atom stereocenters. The predicted molar refractivity (Wildman–Crippen MR) is 76.5 cm³/mol. The molecule has 1 saturated carbocycles. The molecule has 1 fully saturated rings. The molecule has 0 spiro atoms. The normalized spacial score (nSPS) is 15.8. The van der Waals surface area contributed by atoms with Crippen LogP contribution < -0.4 is 0 Å². The summed E-state index contributed by atoms with van der Waals surface area (Å²) < 4.78 is 38.2. The highest BCUT2D eigenvalue weighted by atomic mass is 32.1. The van der Waals surface area contributed by atoms with Crippen LogP contribution in [0.15, 0.2) is 30.3 Å². The molecular weight excluding hydrogens is 297 g/mol. The standard InChI is InChI=1S/C15H13F3N2S/c16-15(17,18)14-19-12(8-13(21)20-14)11-6-4-10(5-7-11)9-2-1-3-9/h4-9H,1-3H2,(H,19,20,21). The summed E-state index contributed by atoms with van der Waals surface area (Å²) >= 11 is 4.82. The van der Waals surface area contributed by atoms with E-state index in [0.29, 0.717) is 17.2 Å². The lowest BCUT2D eigenvalue weighted by atomic mass is 9.80. The third kappa shape index (κ3) is 3.00. The van der Waals surface area contributed by atoms with Gasteiger partial charge >= 0.3 is 6.18 Å². The summed E-state index contributed by atoms with van der Waals surface area (Å²) in [5.41, 5.74) is 2.26. The van der Waals surface area contributed by atoms with Crippen LogP contribution in [0.1, 0.15) is 36.6 Å². The molecule has 0 bridgehead atoms. The van der Waals surface area contributed by atoms with Gasteiger partial charge in [-0.3, -0.25) is 0 Å². The quantitative estimate of drug-likeness (QED) is 0.782. The number of halogens is 3. The number of hydrogen-bond acceptors (Lipinski definition) is 2. The van der Waals surface area contributed by atoms with Gasteiger partial charge in [0.05, 0.1) is 0 Å². The van der Waals surface area contributed by atoms with Crippen molar-refractivity contribution in [3.63, 3.8) is 0 Å². The summed E-state index contributed by atoms with van der Waals surface area (Å²) in [6.07, 6.45) is -0.904. The van der Waals surface area contributed by atoms with Gasteiger partial charge in [0.1, 0.15) is 4.64 Å². The largest absolute Gasteiger partial charge is 0.449 e. The summed E-state index contributed by atoms with van der Waals surface area (Å²) in [5.74, 6) is -0.464. The van der Waals surface area contributed by atoms with Gasteiger partial charge in [-0.1, -0.05) is 42.9 Å². The highest BCUT2D eigenvalue weighted by Crippen LogP contribution is 2.37. The average Bonchev–Trinajstić information content (AvgIpc) is 2.36. The second-order valence-corrected chi connectivity index (χ2v) is 5.65. The Labute approximate surface area is 125 Å². The molecule has 1 aromatic heterocycles. The number of benzene rings is 1. The van der Waals surface area contributed by atoms with Gasteiger partial charge in [-0.25, -0.2) is 4.98 Å². The number of nitrogens with zero attached hydrogens (tertiary/aromatic N) is 1. The van der Waals surface area contributed by atoms with Crippen molar-refractivity contribution in [1.29, 1.82) is 0 Å². The van der Waals surface area contributed by atoms with Crippen molar-refractivity contribution in [3.05, 3.63) is 46.4 Å². The van der Waals surface area contributed by atoms with Gasteiger partial charge in [0, 0.05) is 5.69 Å². The third-order valence-corrected chi connectivity index (χ3v) is 4.02. The van der Waals surface area contributed by atoms with E-state index in [1.54, 1.807) is 0 Å². The molecule has 0 unspecified atom stereocenters. The first-order valence-electron chi connectivity index (χ1n) is 6.72. The third-order valence-electron chi connectivity index (χ3n) is 3.81. The maximum atomic E-state index is 12.7. The molecule has 6 heteroatoms. The van der Waals surface area contributed by atoms with E-state index >= 15 is 0 Å². The van der Waals surface area contributed by atoms with Gasteiger partial charge < -0.3 is 4.98 Å². The molecule has 21 heavy (non-hydrogen) atoms. The molecule has 1 aromatic carbocycles. The van der Waals surface area contributed by atoms with Crippen molar-refractivity contribution >= 4 is 12.2 Å². The van der Waals surface area contributed by atoms with Crippen molar-refractivity contribution in [2.45, 2.75) is 31.4 Å². The van der Waals surface area contributed by atoms with E-state index in [2.05, 4.69) is 9.97 Å². The molecule has 1 heterocycles. The van der Waals surface area contributed by atoms with E-state index in [9.17, 15) is 13.2 Å². The zero-order chi connectivity index (χ0) is 15.0. The SMILES string of the molecule is FC(F)(F)c1nc(=S)cc(-c2ccc(C3CCC3)cc2)[nH]1. The van der Waals surface area contributed by atoms with Crippen LogP contribution in [0, 0.1) is 4.64 Å². The number of hydrogen-bond donors (Lipinski definition) is 1. The van der Waals surface area contributed by atoms with Crippen LogP contribution in [0.3, 0.4) is 0 Å². The van der Waals surface area contributed by atoms with Gasteiger partial charge in [-0.05, 0) is 36.0 Å². The highest BCUT2D eigenvalue weighted by molar-refractivity contribution is 7.71. The second-order valence-electron chi connectivity index (χ2n) is 5.23. The lowest BCUT2D eigenvalue weighted by Gasteiger charge is -2.25. The maximum Gasteiger partial charge on any atom is 0.449 e. The van der Waals surface area contributed by atoms with E-state index in [4.69, 9.17) is 12.2 Å². The Morgan fingerprint density at radius 2 is 1.81 bits per heavy atom. The number of rotatable bonds is 2. The van der Waals surface area contributed by atoms with E-state index in [1.165, 1.54) is 30.9 Å². The molecule has 0 radical (unpaired) electrons. The summed E-state index contributed by atoms with van der Waals surface area (Å²) in [6.45, 7) is 0. The van der Waals surface area contributed by atoms with E-state index in [-0.39, 0.29) is 4.64 Å². The van der Waals surface area contributed by atoms with Crippen LogP contribution in [0.5, 0.6) is 0 Å². The fraction of sp³-hybridized carbons (Fsp3) is 0.333. The number of aromatic nitrogens is 2. The van der Waals surface area contributed by atoms with Gasteiger partial charge in [0.2, 0.25) is 5.82 Å². The molecule has 110 valence electrons. The van der Waals surface area contributed by atoms with E-state index in [1.807, 2.05) is 24.3 Å². The average molecular weight is 310 g/mol. The summed E-state index contributed by atoms with van der Waals surface area (Å²) in [7, 11) is 0. The Morgan fingerprint density at radius 1 is 1.14 bits per heavy atom. The minimum atomic E-state index is -4.53. The molecular formula is C15H13F3N2S. The number of aromatic amines is 1.